The maximum absolute atomic E-state index is 5.28. The predicted octanol–water partition coefficient (Wildman–Crippen LogP) is 3.93. The van der Waals surface area contributed by atoms with Gasteiger partial charge in [-0.05, 0) is 73.4 Å². The van der Waals surface area contributed by atoms with E-state index in [2.05, 4.69) is 42.7 Å². The fourth-order valence-corrected chi connectivity index (χ4v) is 3.33. The summed E-state index contributed by atoms with van der Waals surface area (Å²) in [6.07, 6.45) is 7.30. The lowest BCUT2D eigenvalue weighted by atomic mass is 9.80. The van der Waals surface area contributed by atoms with Crippen LogP contribution in [0, 0.1) is 0 Å². The second-order valence-electron chi connectivity index (χ2n) is 5.95. The van der Waals surface area contributed by atoms with Crippen LogP contribution in [-0.2, 0) is 12.8 Å². The van der Waals surface area contributed by atoms with Crippen LogP contribution in [0.15, 0.2) is 18.2 Å². The molecular weight excluding hydrogens is 276 g/mol. The predicted molar refractivity (Wildman–Crippen MR) is 95.0 cm³/mol. The molecule has 21 heavy (non-hydrogen) atoms. The molecule has 0 bridgehead atoms. The van der Waals surface area contributed by atoms with Crippen LogP contribution in [0.2, 0.25) is 0 Å². The second-order valence-corrected chi connectivity index (χ2v) is 6.36. The molecule has 1 atom stereocenters. The summed E-state index contributed by atoms with van der Waals surface area (Å²) in [4.78, 5) is 0. The average Bonchev–Trinajstić information content (AvgIpc) is 2.52. The number of rotatable bonds is 6. The highest BCUT2D eigenvalue weighted by molar-refractivity contribution is 7.80. The molecule has 0 spiro atoms. The number of aryl methyl sites for hydroxylation is 2. The second kappa shape index (κ2) is 8.38. The fraction of sp³-hybridized carbons (Fsp3) is 0.611. The van der Waals surface area contributed by atoms with E-state index in [1.54, 1.807) is 11.1 Å². The Morgan fingerprint density at radius 1 is 1.24 bits per heavy atom. The van der Waals surface area contributed by atoms with Gasteiger partial charge in [-0.15, -0.1) is 0 Å². The Kier molecular flexibility index (Phi) is 6.50. The molecule has 0 fully saturated rings. The van der Waals surface area contributed by atoms with E-state index in [-0.39, 0.29) is 0 Å². The number of benzene rings is 1. The van der Waals surface area contributed by atoms with Gasteiger partial charge in [0.15, 0.2) is 5.11 Å². The summed E-state index contributed by atoms with van der Waals surface area (Å²) in [6, 6.07) is 7.08. The van der Waals surface area contributed by atoms with Crippen molar-refractivity contribution >= 4 is 17.3 Å². The number of fused-ring (bicyclic) bond motifs is 1. The molecule has 116 valence electrons. The third-order valence-corrected chi connectivity index (χ3v) is 4.66. The minimum Gasteiger partial charge on any atom is -0.363 e. The summed E-state index contributed by atoms with van der Waals surface area (Å²) in [5.41, 5.74) is 4.62. The van der Waals surface area contributed by atoms with E-state index in [1.807, 2.05) is 0 Å². The van der Waals surface area contributed by atoms with Gasteiger partial charge in [-0.3, -0.25) is 0 Å². The highest BCUT2D eigenvalue weighted by Gasteiger charge is 2.20. The standard InChI is InChI=1S/C18H28N2S/c1-3-11-19-18(21)20-12-10-16-7-5-6-15-9-8-14(4-2)13-17(15)16/h8-9,13,16H,3-7,10-12H2,1-2H3,(H2,19,20,21). The van der Waals surface area contributed by atoms with E-state index in [1.165, 1.54) is 31.2 Å². The van der Waals surface area contributed by atoms with Crippen LogP contribution in [0.1, 0.15) is 62.1 Å². The molecule has 0 aliphatic heterocycles. The van der Waals surface area contributed by atoms with Crippen LogP contribution in [-0.4, -0.2) is 18.2 Å². The zero-order chi connectivity index (χ0) is 15.1. The topological polar surface area (TPSA) is 24.1 Å². The number of thiocarbonyl (C=S) groups is 1. The van der Waals surface area contributed by atoms with Crippen molar-refractivity contribution in [1.29, 1.82) is 0 Å². The Morgan fingerprint density at radius 3 is 2.81 bits per heavy atom. The molecular formula is C18H28N2S. The van der Waals surface area contributed by atoms with E-state index in [4.69, 9.17) is 12.2 Å². The van der Waals surface area contributed by atoms with Gasteiger partial charge >= 0.3 is 0 Å². The smallest absolute Gasteiger partial charge is 0.166 e. The molecule has 1 aliphatic carbocycles. The van der Waals surface area contributed by atoms with Crippen molar-refractivity contribution in [3.05, 3.63) is 34.9 Å². The summed E-state index contributed by atoms with van der Waals surface area (Å²) in [7, 11) is 0. The Morgan fingerprint density at radius 2 is 2.05 bits per heavy atom. The SMILES string of the molecule is CCCNC(=S)NCCC1CCCc2ccc(CC)cc21. The molecule has 2 rings (SSSR count). The molecule has 3 heteroatoms. The van der Waals surface area contributed by atoms with Gasteiger partial charge in [0, 0.05) is 13.1 Å². The molecule has 1 aromatic carbocycles. The van der Waals surface area contributed by atoms with Crippen molar-refractivity contribution in [3.8, 4) is 0 Å². The summed E-state index contributed by atoms with van der Waals surface area (Å²) in [6.45, 7) is 6.31. The van der Waals surface area contributed by atoms with E-state index in [0.717, 1.165) is 31.0 Å². The molecule has 1 aliphatic rings. The van der Waals surface area contributed by atoms with Gasteiger partial charge < -0.3 is 10.6 Å². The van der Waals surface area contributed by atoms with Gasteiger partial charge in [-0.1, -0.05) is 32.0 Å². The quantitative estimate of drug-likeness (QED) is 0.779. The maximum Gasteiger partial charge on any atom is 0.166 e. The molecule has 2 nitrogen and oxygen atoms in total. The minimum atomic E-state index is 0.696. The highest BCUT2D eigenvalue weighted by Crippen LogP contribution is 2.34. The first-order valence-electron chi connectivity index (χ1n) is 8.38. The molecule has 1 aromatic rings. The van der Waals surface area contributed by atoms with Crippen molar-refractivity contribution in [3.63, 3.8) is 0 Å². The molecule has 0 saturated carbocycles. The van der Waals surface area contributed by atoms with Gasteiger partial charge in [0.25, 0.3) is 0 Å². The van der Waals surface area contributed by atoms with E-state index >= 15 is 0 Å². The first kappa shape index (κ1) is 16.3. The van der Waals surface area contributed by atoms with Crippen LogP contribution in [0.25, 0.3) is 0 Å². The first-order valence-corrected chi connectivity index (χ1v) is 8.78. The molecule has 0 amide bonds. The molecule has 0 saturated heterocycles. The Labute approximate surface area is 134 Å². The van der Waals surface area contributed by atoms with Crippen LogP contribution in [0.5, 0.6) is 0 Å². The number of hydrogen-bond donors (Lipinski definition) is 2. The fourth-order valence-electron chi connectivity index (χ4n) is 3.13. The third kappa shape index (κ3) is 4.70. The van der Waals surface area contributed by atoms with E-state index in [0.29, 0.717) is 5.92 Å². The van der Waals surface area contributed by atoms with Gasteiger partial charge in [-0.2, -0.15) is 0 Å². The van der Waals surface area contributed by atoms with Crippen molar-refractivity contribution in [2.45, 2.75) is 58.3 Å². The molecule has 1 unspecified atom stereocenters. The molecule has 0 heterocycles. The molecule has 2 N–H and O–H groups in total. The number of nitrogens with one attached hydrogen (secondary N) is 2. The van der Waals surface area contributed by atoms with Crippen molar-refractivity contribution < 1.29 is 0 Å². The Bertz CT molecular complexity index is 470. The van der Waals surface area contributed by atoms with Crippen LogP contribution < -0.4 is 10.6 Å². The van der Waals surface area contributed by atoms with E-state index in [9.17, 15) is 0 Å². The zero-order valence-electron chi connectivity index (χ0n) is 13.4. The van der Waals surface area contributed by atoms with Gasteiger partial charge in [0.1, 0.15) is 0 Å². The lowest BCUT2D eigenvalue weighted by Crippen LogP contribution is -2.36. The monoisotopic (exact) mass is 304 g/mol. The summed E-state index contributed by atoms with van der Waals surface area (Å²) in [5.74, 6) is 0.696. The van der Waals surface area contributed by atoms with Crippen LogP contribution in [0.4, 0.5) is 0 Å². The Balaban J connectivity index is 1.89. The zero-order valence-corrected chi connectivity index (χ0v) is 14.2. The largest absolute Gasteiger partial charge is 0.363 e. The van der Waals surface area contributed by atoms with E-state index < -0.39 is 0 Å². The maximum atomic E-state index is 5.28. The molecule has 0 aromatic heterocycles. The Hall–Kier alpha value is -1.09. The lowest BCUT2D eigenvalue weighted by Gasteiger charge is -2.26. The molecule has 0 radical (unpaired) electrons. The summed E-state index contributed by atoms with van der Waals surface area (Å²) < 4.78 is 0. The third-order valence-electron chi connectivity index (χ3n) is 4.37. The van der Waals surface area contributed by atoms with Crippen molar-refractivity contribution in [2.75, 3.05) is 13.1 Å². The van der Waals surface area contributed by atoms with Crippen molar-refractivity contribution in [1.82, 2.24) is 10.6 Å². The van der Waals surface area contributed by atoms with Crippen LogP contribution in [0.3, 0.4) is 0 Å². The normalized spacial score (nSPS) is 17.1. The van der Waals surface area contributed by atoms with Gasteiger partial charge in [0.2, 0.25) is 0 Å². The van der Waals surface area contributed by atoms with Gasteiger partial charge in [-0.25, -0.2) is 0 Å². The minimum absolute atomic E-state index is 0.696. The van der Waals surface area contributed by atoms with Crippen LogP contribution >= 0.6 is 12.2 Å². The summed E-state index contributed by atoms with van der Waals surface area (Å²) >= 11 is 5.28. The highest BCUT2D eigenvalue weighted by atomic mass is 32.1. The first-order chi connectivity index (χ1) is 10.2. The van der Waals surface area contributed by atoms with Crippen molar-refractivity contribution in [2.24, 2.45) is 0 Å². The average molecular weight is 305 g/mol. The number of hydrogen-bond acceptors (Lipinski definition) is 1. The lowest BCUT2D eigenvalue weighted by molar-refractivity contribution is 0.516. The summed E-state index contributed by atoms with van der Waals surface area (Å²) in [5, 5.41) is 7.37. The van der Waals surface area contributed by atoms with Gasteiger partial charge in [0.05, 0.1) is 0 Å².